The molecule has 0 amide bonds. The number of allylic oxidation sites excluding steroid dienone is 1. The van der Waals surface area contributed by atoms with Crippen LogP contribution in [0.25, 0.3) is 0 Å². The van der Waals surface area contributed by atoms with E-state index in [2.05, 4.69) is 51.2 Å². The second kappa shape index (κ2) is 9.39. The zero-order valence-corrected chi connectivity index (χ0v) is 15.4. The van der Waals surface area contributed by atoms with E-state index in [9.17, 15) is 4.79 Å². The van der Waals surface area contributed by atoms with E-state index in [1.807, 2.05) is 26.0 Å². The van der Waals surface area contributed by atoms with Crippen molar-refractivity contribution in [3.63, 3.8) is 0 Å². The molecule has 0 saturated heterocycles. The maximum Gasteiger partial charge on any atom is 0.172 e. The fourth-order valence-electron chi connectivity index (χ4n) is 2.33. The summed E-state index contributed by atoms with van der Waals surface area (Å²) in [6, 6.07) is 8.12. The Bertz CT molecular complexity index is 515. The molecular weight excluding hydrogens is 286 g/mol. The fraction of sp³-hybridized carbons (Fsp3) is 0.550. The highest BCUT2D eigenvalue weighted by Crippen LogP contribution is 2.24. The van der Waals surface area contributed by atoms with Gasteiger partial charge in [0.2, 0.25) is 0 Å². The highest BCUT2D eigenvalue weighted by Gasteiger charge is 2.09. The summed E-state index contributed by atoms with van der Waals surface area (Å²) in [7, 11) is 4.10. The van der Waals surface area contributed by atoms with Crippen LogP contribution in [0, 0.1) is 5.92 Å². The Labute approximate surface area is 141 Å². The van der Waals surface area contributed by atoms with E-state index in [-0.39, 0.29) is 18.3 Å². The number of hydrogen-bond donors (Lipinski definition) is 0. The highest BCUT2D eigenvalue weighted by molar-refractivity contribution is 5.81. The summed E-state index contributed by atoms with van der Waals surface area (Å²) in [5.41, 5.74) is 2.71. The molecule has 1 aromatic carbocycles. The Balaban J connectivity index is 2.50. The van der Waals surface area contributed by atoms with Gasteiger partial charge in [0, 0.05) is 20.0 Å². The van der Waals surface area contributed by atoms with Gasteiger partial charge in [0.1, 0.15) is 12.4 Å². The number of carbonyl (C=O) groups excluding carboxylic acids is 1. The third-order valence-corrected chi connectivity index (χ3v) is 3.92. The average molecular weight is 317 g/mol. The number of carbonyl (C=O) groups is 1. The molecule has 0 fully saturated rings. The molecule has 23 heavy (non-hydrogen) atoms. The minimum atomic E-state index is 0.0211. The molecule has 3 nitrogen and oxygen atoms in total. The first kappa shape index (κ1) is 19.3. The summed E-state index contributed by atoms with van der Waals surface area (Å²) in [4.78, 5) is 13.7. The lowest BCUT2D eigenvalue weighted by molar-refractivity contribution is -0.123. The molecule has 0 aliphatic carbocycles. The second-order valence-electron chi connectivity index (χ2n) is 6.86. The maximum atomic E-state index is 11.6. The minimum Gasteiger partial charge on any atom is -0.486 e. The Morgan fingerprint density at radius 3 is 2.30 bits per heavy atom. The number of benzene rings is 1. The molecule has 1 rings (SSSR count). The molecule has 0 aromatic heterocycles. The summed E-state index contributed by atoms with van der Waals surface area (Å²) in [5, 5.41) is 0. The van der Waals surface area contributed by atoms with Crippen molar-refractivity contribution in [3.8, 4) is 5.75 Å². The monoisotopic (exact) mass is 317 g/mol. The molecule has 1 atom stereocenters. The zero-order valence-electron chi connectivity index (χ0n) is 15.4. The standard InChI is InChI=1S/C20H31NO2/c1-15(2)20(22)14-23-19-11-9-18(10-12-19)17(4)8-7-16(3)13-21(5)6/h9-13,15,17H,7-8,14H2,1-6H3/b16-13+. The van der Waals surface area contributed by atoms with Crippen LogP contribution in [0.5, 0.6) is 5.75 Å². The largest absolute Gasteiger partial charge is 0.486 e. The number of nitrogens with zero attached hydrogens (tertiary/aromatic N) is 1. The number of hydrogen-bond acceptors (Lipinski definition) is 3. The molecule has 0 aliphatic heterocycles. The normalized spacial score (nSPS) is 13.1. The van der Waals surface area contributed by atoms with Crippen molar-refractivity contribution in [3.05, 3.63) is 41.6 Å². The molecule has 0 aliphatic rings. The number of Topliss-reactive ketones (excluding diaryl/α,β-unsaturated/α-hetero) is 1. The lowest BCUT2D eigenvalue weighted by Gasteiger charge is -2.14. The van der Waals surface area contributed by atoms with Crippen LogP contribution >= 0.6 is 0 Å². The topological polar surface area (TPSA) is 29.5 Å². The molecule has 3 heteroatoms. The predicted molar refractivity (Wildman–Crippen MR) is 96.9 cm³/mol. The summed E-state index contributed by atoms with van der Waals surface area (Å²) in [6.45, 7) is 8.37. The fourth-order valence-corrected chi connectivity index (χ4v) is 2.33. The molecular formula is C20H31NO2. The predicted octanol–water partition coefficient (Wildman–Crippen LogP) is 4.64. The summed E-state index contributed by atoms with van der Waals surface area (Å²) in [6.07, 6.45) is 4.40. The van der Waals surface area contributed by atoms with Gasteiger partial charge in [-0.25, -0.2) is 0 Å². The van der Waals surface area contributed by atoms with E-state index in [1.54, 1.807) is 0 Å². The van der Waals surface area contributed by atoms with E-state index < -0.39 is 0 Å². The van der Waals surface area contributed by atoms with Crippen molar-refractivity contribution in [2.24, 2.45) is 5.92 Å². The van der Waals surface area contributed by atoms with Gasteiger partial charge in [0.05, 0.1) is 0 Å². The van der Waals surface area contributed by atoms with Crippen molar-refractivity contribution in [2.45, 2.75) is 46.5 Å². The SMILES string of the molecule is C/C(=C\N(C)C)CCC(C)c1ccc(OCC(=O)C(C)C)cc1. The molecule has 0 spiro atoms. The first-order valence-electron chi connectivity index (χ1n) is 8.38. The van der Waals surface area contributed by atoms with Crippen molar-refractivity contribution in [1.82, 2.24) is 4.90 Å². The zero-order chi connectivity index (χ0) is 17.4. The van der Waals surface area contributed by atoms with E-state index in [4.69, 9.17) is 4.74 Å². The molecule has 0 saturated carbocycles. The van der Waals surface area contributed by atoms with Crippen LogP contribution in [0.4, 0.5) is 0 Å². The molecule has 0 N–H and O–H groups in total. The third-order valence-electron chi connectivity index (χ3n) is 3.92. The molecule has 1 aromatic rings. The van der Waals surface area contributed by atoms with Crippen LogP contribution in [0.2, 0.25) is 0 Å². The van der Waals surface area contributed by atoms with Crippen LogP contribution in [0.1, 0.15) is 52.0 Å². The summed E-state index contributed by atoms with van der Waals surface area (Å²) < 4.78 is 5.54. The van der Waals surface area contributed by atoms with Gasteiger partial charge >= 0.3 is 0 Å². The quantitative estimate of drug-likeness (QED) is 0.664. The Morgan fingerprint density at radius 1 is 1.17 bits per heavy atom. The summed E-state index contributed by atoms with van der Waals surface area (Å²) in [5.74, 6) is 1.42. The maximum absolute atomic E-state index is 11.6. The Kier molecular flexibility index (Phi) is 7.87. The van der Waals surface area contributed by atoms with Crippen LogP contribution in [-0.4, -0.2) is 31.4 Å². The minimum absolute atomic E-state index is 0.0211. The van der Waals surface area contributed by atoms with E-state index >= 15 is 0 Å². The average Bonchev–Trinajstić information content (AvgIpc) is 2.50. The number of ether oxygens (including phenoxy) is 1. The molecule has 0 heterocycles. The van der Waals surface area contributed by atoms with Crippen LogP contribution < -0.4 is 4.74 Å². The van der Waals surface area contributed by atoms with Crippen LogP contribution in [0.15, 0.2) is 36.0 Å². The lowest BCUT2D eigenvalue weighted by atomic mass is 9.94. The first-order valence-corrected chi connectivity index (χ1v) is 8.38. The second-order valence-corrected chi connectivity index (χ2v) is 6.86. The summed E-state index contributed by atoms with van der Waals surface area (Å²) >= 11 is 0. The van der Waals surface area contributed by atoms with Gasteiger partial charge in [-0.05, 0) is 49.6 Å². The van der Waals surface area contributed by atoms with Crippen molar-refractivity contribution in [1.29, 1.82) is 0 Å². The lowest BCUT2D eigenvalue weighted by Crippen LogP contribution is -2.16. The van der Waals surface area contributed by atoms with E-state index in [0.29, 0.717) is 5.92 Å². The first-order chi connectivity index (χ1) is 10.8. The molecule has 128 valence electrons. The Morgan fingerprint density at radius 2 is 1.78 bits per heavy atom. The van der Waals surface area contributed by atoms with Gasteiger partial charge in [-0.3, -0.25) is 4.79 Å². The van der Waals surface area contributed by atoms with Gasteiger partial charge in [-0.2, -0.15) is 0 Å². The van der Waals surface area contributed by atoms with Gasteiger partial charge < -0.3 is 9.64 Å². The van der Waals surface area contributed by atoms with Gasteiger partial charge in [0.25, 0.3) is 0 Å². The van der Waals surface area contributed by atoms with Crippen LogP contribution in [-0.2, 0) is 4.79 Å². The van der Waals surface area contributed by atoms with Crippen molar-refractivity contribution in [2.75, 3.05) is 20.7 Å². The van der Waals surface area contributed by atoms with Gasteiger partial charge in [-0.1, -0.05) is 38.5 Å². The third kappa shape index (κ3) is 7.36. The van der Waals surface area contributed by atoms with Crippen molar-refractivity contribution < 1.29 is 9.53 Å². The smallest absolute Gasteiger partial charge is 0.172 e. The van der Waals surface area contributed by atoms with Crippen LogP contribution in [0.3, 0.4) is 0 Å². The van der Waals surface area contributed by atoms with Crippen molar-refractivity contribution >= 4 is 5.78 Å². The number of ketones is 1. The van der Waals surface area contributed by atoms with E-state index in [1.165, 1.54) is 11.1 Å². The molecule has 0 radical (unpaired) electrons. The van der Waals surface area contributed by atoms with Gasteiger partial charge in [0.15, 0.2) is 5.78 Å². The highest BCUT2D eigenvalue weighted by atomic mass is 16.5. The van der Waals surface area contributed by atoms with Gasteiger partial charge in [-0.15, -0.1) is 0 Å². The molecule has 1 unspecified atom stereocenters. The molecule has 0 bridgehead atoms. The number of rotatable bonds is 9. The van der Waals surface area contributed by atoms with E-state index in [0.717, 1.165) is 18.6 Å². The Hall–Kier alpha value is -1.77.